The first-order valence-electron chi connectivity index (χ1n) is 7.48. The molecule has 1 aromatic rings. The molecule has 1 unspecified atom stereocenters. The van der Waals surface area contributed by atoms with Crippen molar-refractivity contribution in [3.63, 3.8) is 0 Å². The predicted molar refractivity (Wildman–Crippen MR) is 76.3 cm³/mol. The van der Waals surface area contributed by atoms with Crippen molar-refractivity contribution in [1.29, 1.82) is 0 Å². The molecule has 0 aliphatic heterocycles. The summed E-state index contributed by atoms with van der Waals surface area (Å²) < 4.78 is 41.5. The van der Waals surface area contributed by atoms with Gasteiger partial charge in [0.2, 0.25) is 0 Å². The van der Waals surface area contributed by atoms with Crippen LogP contribution in [0.5, 0.6) is 0 Å². The molecule has 2 nitrogen and oxygen atoms in total. The van der Waals surface area contributed by atoms with Gasteiger partial charge in [-0.3, -0.25) is 0 Å². The van der Waals surface area contributed by atoms with Gasteiger partial charge in [-0.15, -0.1) is 0 Å². The Labute approximate surface area is 123 Å². The van der Waals surface area contributed by atoms with Gasteiger partial charge in [0.1, 0.15) is 6.61 Å². The normalized spacial score (nSPS) is 17.5. The summed E-state index contributed by atoms with van der Waals surface area (Å²) >= 11 is 0. The van der Waals surface area contributed by atoms with E-state index in [1.54, 1.807) is 0 Å². The third kappa shape index (κ3) is 4.71. The van der Waals surface area contributed by atoms with Crippen LogP contribution in [0, 0.1) is 0 Å². The van der Waals surface area contributed by atoms with Crippen molar-refractivity contribution in [2.45, 2.75) is 44.3 Å². The van der Waals surface area contributed by atoms with Crippen LogP contribution in [0.15, 0.2) is 24.3 Å². The van der Waals surface area contributed by atoms with Crippen LogP contribution in [0.1, 0.15) is 49.3 Å². The summed E-state index contributed by atoms with van der Waals surface area (Å²) in [6.45, 7) is 1.49. The zero-order chi connectivity index (χ0) is 15.3. The Morgan fingerprint density at radius 1 is 1.29 bits per heavy atom. The standard InChI is InChI=1S/C16H22F3NO/c1-2-20-15(10-21-11-16(17,18)19)14-9-4-3-8-13(14)12-6-5-7-12/h3-4,8-9,12,15,20H,2,5-7,10-11H2,1H3. The number of hydrogen-bond donors (Lipinski definition) is 1. The summed E-state index contributed by atoms with van der Waals surface area (Å²) in [7, 11) is 0. The van der Waals surface area contributed by atoms with E-state index >= 15 is 0 Å². The minimum atomic E-state index is -4.27. The van der Waals surface area contributed by atoms with Crippen LogP contribution in [0.4, 0.5) is 13.2 Å². The lowest BCUT2D eigenvalue weighted by Crippen LogP contribution is -2.29. The molecule has 1 aliphatic carbocycles. The number of ether oxygens (including phenoxy) is 1. The maximum absolute atomic E-state index is 12.2. The Kier molecular flexibility index (Phi) is 5.65. The molecule has 0 heterocycles. The number of halogens is 3. The SMILES string of the molecule is CCNC(COCC(F)(F)F)c1ccccc1C1CCC1. The Morgan fingerprint density at radius 2 is 2.00 bits per heavy atom. The molecule has 1 atom stereocenters. The summed E-state index contributed by atoms with van der Waals surface area (Å²) in [4.78, 5) is 0. The molecular weight excluding hydrogens is 279 g/mol. The van der Waals surface area contributed by atoms with Gasteiger partial charge in [-0.05, 0) is 36.4 Å². The van der Waals surface area contributed by atoms with Crippen molar-refractivity contribution in [3.8, 4) is 0 Å². The first-order chi connectivity index (χ1) is 10.0. The molecular formula is C16H22F3NO. The van der Waals surface area contributed by atoms with Gasteiger partial charge >= 0.3 is 6.18 Å². The third-order valence-electron chi connectivity index (χ3n) is 3.92. The number of hydrogen-bond acceptors (Lipinski definition) is 2. The molecule has 21 heavy (non-hydrogen) atoms. The van der Waals surface area contributed by atoms with Crippen LogP contribution in [-0.2, 0) is 4.74 Å². The molecule has 0 spiro atoms. The molecule has 2 rings (SSSR count). The summed E-state index contributed by atoms with van der Waals surface area (Å²) in [6, 6.07) is 7.84. The molecule has 1 aromatic carbocycles. The molecule has 0 radical (unpaired) electrons. The quantitative estimate of drug-likeness (QED) is 0.815. The average molecular weight is 301 g/mol. The van der Waals surface area contributed by atoms with E-state index < -0.39 is 12.8 Å². The van der Waals surface area contributed by atoms with Gasteiger partial charge in [0.15, 0.2) is 0 Å². The second kappa shape index (κ2) is 7.27. The van der Waals surface area contributed by atoms with Gasteiger partial charge < -0.3 is 10.1 Å². The van der Waals surface area contributed by atoms with Gasteiger partial charge in [-0.25, -0.2) is 0 Å². The highest BCUT2D eigenvalue weighted by molar-refractivity contribution is 5.34. The number of alkyl halides is 3. The first-order valence-corrected chi connectivity index (χ1v) is 7.48. The second-order valence-corrected chi connectivity index (χ2v) is 5.50. The highest BCUT2D eigenvalue weighted by Gasteiger charge is 2.29. The van der Waals surface area contributed by atoms with Gasteiger partial charge in [0, 0.05) is 0 Å². The maximum atomic E-state index is 12.2. The van der Waals surface area contributed by atoms with E-state index in [-0.39, 0.29) is 12.6 Å². The fraction of sp³-hybridized carbons (Fsp3) is 0.625. The van der Waals surface area contributed by atoms with E-state index in [0.29, 0.717) is 12.5 Å². The van der Waals surface area contributed by atoms with Crippen molar-refractivity contribution in [2.24, 2.45) is 0 Å². The Morgan fingerprint density at radius 3 is 2.57 bits per heavy atom. The van der Waals surface area contributed by atoms with Gasteiger partial charge in [0.25, 0.3) is 0 Å². The van der Waals surface area contributed by atoms with Crippen LogP contribution < -0.4 is 5.32 Å². The van der Waals surface area contributed by atoms with E-state index in [2.05, 4.69) is 11.4 Å². The van der Waals surface area contributed by atoms with E-state index in [4.69, 9.17) is 4.74 Å². The minimum absolute atomic E-state index is 0.0388. The van der Waals surface area contributed by atoms with E-state index in [0.717, 1.165) is 5.56 Å². The lowest BCUT2D eigenvalue weighted by Gasteiger charge is -2.30. The zero-order valence-corrected chi connectivity index (χ0v) is 12.2. The monoisotopic (exact) mass is 301 g/mol. The van der Waals surface area contributed by atoms with Crippen LogP contribution >= 0.6 is 0 Å². The molecule has 0 bridgehead atoms. The summed E-state index contributed by atoms with van der Waals surface area (Å²) in [6.07, 6.45) is -0.710. The van der Waals surface area contributed by atoms with Crippen molar-refractivity contribution in [3.05, 3.63) is 35.4 Å². The first kappa shape index (κ1) is 16.3. The van der Waals surface area contributed by atoms with Gasteiger partial charge in [0.05, 0.1) is 12.6 Å². The van der Waals surface area contributed by atoms with E-state index in [1.165, 1.54) is 24.8 Å². The fourth-order valence-corrected chi connectivity index (χ4v) is 2.72. The zero-order valence-electron chi connectivity index (χ0n) is 12.2. The van der Waals surface area contributed by atoms with Crippen molar-refractivity contribution < 1.29 is 17.9 Å². The number of rotatable bonds is 7. The van der Waals surface area contributed by atoms with E-state index in [1.807, 2.05) is 25.1 Å². The molecule has 1 saturated carbocycles. The maximum Gasteiger partial charge on any atom is 0.411 e. The van der Waals surface area contributed by atoms with Crippen molar-refractivity contribution in [1.82, 2.24) is 5.32 Å². The molecule has 118 valence electrons. The second-order valence-electron chi connectivity index (χ2n) is 5.50. The molecule has 1 fully saturated rings. The Hall–Kier alpha value is -1.07. The highest BCUT2D eigenvalue weighted by Crippen LogP contribution is 2.39. The summed E-state index contributed by atoms with van der Waals surface area (Å²) in [5, 5.41) is 3.24. The van der Waals surface area contributed by atoms with Gasteiger partial charge in [-0.2, -0.15) is 13.2 Å². The van der Waals surface area contributed by atoms with Crippen LogP contribution in [0.2, 0.25) is 0 Å². The lowest BCUT2D eigenvalue weighted by molar-refractivity contribution is -0.175. The molecule has 0 amide bonds. The molecule has 0 aromatic heterocycles. The van der Waals surface area contributed by atoms with Gasteiger partial charge in [-0.1, -0.05) is 37.6 Å². The Balaban J connectivity index is 2.06. The minimum Gasteiger partial charge on any atom is -0.370 e. The molecule has 1 N–H and O–H groups in total. The van der Waals surface area contributed by atoms with Crippen molar-refractivity contribution >= 4 is 0 Å². The highest BCUT2D eigenvalue weighted by atomic mass is 19.4. The molecule has 5 heteroatoms. The third-order valence-corrected chi connectivity index (χ3v) is 3.92. The smallest absolute Gasteiger partial charge is 0.370 e. The number of nitrogens with one attached hydrogen (secondary N) is 1. The number of likely N-dealkylation sites (N-methyl/N-ethyl adjacent to an activating group) is 1. The van der Waals surface area contributed by atoms with Crippen molar-refractivity contribution in [2.75, 3.05) is 19.8 Å². The lowest BCUT2D eigenvalue weighted by atomic mass is 9.77. The largest absolute Gasteiger partial charge is 0.411 e. The van der Waals surface area contributed by atoms with Crippen LogP contribution in [-0.4, -0.2) is 25.9 Å². The Bertz CT molecular complexity index is 443. The predicted octanol–water partition coefficient (Wildman–Crippen LogP) is 4.18. The fourth-order valence-electron chi connectivity index (χ4n) is 2.72. The van der Waals surface area contributed by atoms with Crippen LogP contribution in [0.3, 0.4) is 0 Å². The number of benzene rings is 1. The molecule has 1 aliphatic rings. The topological polar surface area (TPSA) is 21.3 Å². The molecule has 0 saturated heterocycles. The van der Waals surface area contributed by atoms with E-state index in [9.17, 15) is 13.2 Å². The summed E-state index contributed by atoms with van der Waals surface area (Å²) in [5.41, 5.74) is 2.33. The summed E-state index contributed by atoms with van der Waals surface area (Å²) in [5.74, 6) is 0.546. The van der Waals surface area contributed by atoms with Crippen LogP contribution in [0.25, 0.3) is 0 Å². The average Bonchev–Trinajstić information content (AvgIpc) is 2.35.